The minimum Gasteiger partial charge on any atom is -0.497 e. The van der Waals surface area contributed by atoms with Gasteiger partial charge in [-0.2, -0.15) is 4.98 Å². The lowest BCUT2D eigenvalue weighted by Crippen LogP contribution is -2.46. The first-order valence-electron chi connectivity index (χ1n) is 11.0. The Labute approximate surface area is 198 Å². The molecule has 2 aromatic carbocycles. The maximum absolute atomic E-state index is 13.0. The lowest BCUT2D eigenvalue weighted by atomic mass is 9.94. The van der Waals surface area contributed by atoms with Crippen molar-refractivity contribution >= 4 is 23.4 Å². The minimum absolute atomic E-state index is 0.127. The molecule has 4 rings (SSSR count). The van der Waals surface area contributed by atoms with E-state index in [-0.39, 0.29) is 6.03 Å². The number of carbonyl (C=O) groups excluding carboxylic acids is 1. The lowest BCUT2D eigenvalue weighted by Gasteiger charge is -2.35. The topological polar surface area (TPSA) is 80.5 Å². The molecule has 0 aliphatic carbocycles. The normalized spacial score (nSPS) is 16.2. The third-order valence-electron chi connectivity index (χ3n) is 5.79. The molecule has 0 spiro atoms. The van der Waals surface area contributed by atoms with Crippen LogP contribution in [0.4, 0.5) is 4.79 Å². The summed E-state index contributed by atoms with van der Waals surface area (Å²) in [4.78, 5) is 20.6. The van der Waals surface area contributed by atoms with E-state index in [2.05, 4.69) is 17.4 Å². The number of nitrogens with one attached hydrogen (secondary N) is 1. The van der Waals surface area contributed by atoms with Crippen LogP contribution in [0.3, 0.4) is 0 Å². The number of allylic oxidation sites excluding steroid dienone is 1. The molecule has 1 N–H and O–H groups in total. The molecule has 33 heavy (non-hydrogen) atoms. The lowest BCUT2D eigenvalue weighted by molar-refractivity contribution is 0.204. The molecule has 2 heterocycles. The number of benzene rings is 2. The number of hydrogen-bond acceptors (Lipinski definition) is 6. The Bertz CT molecular complexity index is 1140. The number of methoxy groups -OCH3 is 1. The van der Waals surface area contributed by atoms with Crippen LogP contribution in [0.2, 0.25) is 0 Å². The number of amides is 2. The molecule has 1 unspecified atom stereocenters. The van der Waals surface area contributed by atoms with Crippen molar-refractivity contribution in [1.82, 2.24) is 20.4 Å². The molecule has 3 aromatic rings. The van der Waals surface area contributed by atoms with Gasteiger partial charge in [0.1, 0.15) is 5.75 Å². The summed E-state index contributed by atoms with van der Waals surface area (Å²) in [5.74, 6) is 1.67. The van der Waals surface area contributed by atoms with Gasteiger partial charge in [-0.15, -0.1) is 11.8 Å². The Morgan fingerprint density at radius 1 is 1.15 bits per heavy atom. The van der Waals surface area contributed by atoms with E-state index >= 15 is 0 Å². The largest absolute Gasteiger partial charge is 0.497 e. The van der Waals surface area contributed by atoms with Gasteiger partial charge in [-0.3, -0.25) is 4.90 Å². The van der Waals surface area contributed by atoms with E-state index < -0.39 is 6.04 Å². The summed E-state index contributed by atoms with van der Waals surface area (Å²) < 4.78 is 11.0. The van der Waals surface area contributed by atoms with E-state index in [1.54, 1.807) is 23.8 Å². The molecule has 0 bridgehead atoms. The van der Waals surface area contributed by atoms with Gasteiger partial charge in [0.2, 0.25) is 5.82 Å². The standard InChI is InChI=1S/C25H28N4O3S/c1-5-6-15-29-16(2)21(22(26-25(29)30)17-7-11-19(31-3)12-8-17)24-27-23(28-32-24)18-9-13-20(33-4)14-10-18/h7-14,22H,5-6,15H2,1-4H3,(H,26,30). The monoisotopic (exact) mass is 464 g/mol. The van der Waals surface area contributed by atoms with Crippen molar-refractivity contribution in [1.29, 1.82) is 0 Å². The first-order valence-corrected chi connectivity index (χ1v) is 12.2. The third kappa shape index (κ3) is 4.75. The molecule has 172 valence electrons. The Kier molecular flexibility index (Phi) is 7.03. The van der Waals surface area contributed by atoms with Crippen LogP contribution in [-0.4, -0.2) is 41.0 Å². The fourth-order valence-corrected chi connectivity index (χ4v) is 4.29. The molecule has 1 aliphatic rings. The van der Waals surface area contributed by atoms with Gasteiger partial charge in [-0.25, -0.2) is 4.79 Å². The van der Waals surface area contributed by atoms with Gasteiger partial charge in [0.05, 0.1) is 18.7 Å². The van der Waals surface area contributed by atoms with Gasteiger partial charge in [0.15, 0.2) is 0 Å². The van der Waals surface area contributed by atoms with E-state index in [0.717, 1.165) is 41.0 Å². The highest BCUT2D eigenvalue weighted by molar-refractivity contribution is 7.98. The van der Waals surface area contributed by atoms with Crippen molar-refractivity contribution in [3.63, 3.8) is 0 Å². The highest BCUT2D eigenvalue weighted by atomic mass is 32.2. The molecule has 0 saturated heterocycles. The number of aromatic nitrogens is 2. The highest BCUT2D eigenvalue weighted by Gasteiger charge is 2.35. The number of thioether (sulfide) groups is 1. The number of nitrogens with zero attached hydrogens (tertiary/aromatic N) is 3. The van der Waals surface area contributed by atoms with Crippen LogP contribution in [0.15, 0.2) is 63.6 Å². The molecular formula is C25H28N4O3S. The second-order valence-electron chi connectivity index (χ2n) is 7.81. The third-order valence-corrected chi connectivity index (χ3v) is 6.53. The zero-order chi connectivity index (χ0) is 23.4. The molecule has 7 nitrogen and oxygen atoms in total. The predicted octanol–water partition coefficient (Wildman–Crippen LogP) is 5.76. The first-order chi connectivity index (χ1) is 16.0. The summed E-state index contributed by atoms with van der Waals surface area (Å²) in [7, 11) is 1.63. The number of urea groups is 1. The number of rotatable bonds is 8. The van der Waals surface area contributed by atoms with Crippen molar-refractivity contribution in [2.45, 2.75) is 37.6 Å². The maximum Gasteiger partial charge on any atom is 0.322 e. The average molecular weight is 465 g/mol. The van der Waals surface area contributed by atoms with Crippen LogP contribution >= 0.6 is 11.8 Å². The molecule has 2 amide bonds. The average Bonchev–Trinajstić information content (AvgIpc) is 3.33. The van der Waals surface area contributed by atoms with Crippen LogP contribution in [0, 0.1) is 0 Å². The Morgan fingerprint density at radius 3 is 2.52 bits per heavy atom. The second-order valence-corrected chi connectivity index (χ2v) is 8.69. The number of hydrogen-bond donors (Lipinski definition) is 1. The van der Waals surface area contributed by atoms with Gasteiger partial charge < -0.3 is 14.6 Å². The number of unbranched alkanes of at least 4 members (excludes halogenated alkanes) is 1. The minimum atomic E-state index is -0.409. The van der Waals surface area contributed by atoms with Crippen molar-refractivity contribution in [2.75, 3.05) is 19.9 Å². The van der Waals surface area contributed by atoms with Crippen molar-refractivity contribution in [2.24, 2.45) is 0 Å². The summed E-state index contributed by atoms with van der Waals surface area (Å²) >= 11 is 1.68. The summed E-state index contributed by atoms with van der Waals surface area (Å²) in [6, 6.07) is 15.1. The van der Waals surface area contributed by atoms with E-state index in [1.807, 2.05) is 61.7 Å². The van der Waals surface area contributed by atoms with Gasteiger partial charge in [0.25, 0.3) is 5.89 Å². The molecular weight excluding hydrogens is 436 g/mol. The van der Waals surface area contributed by atoms with Crippen molar-refractivity contribution in [3.8, 4) is 17.1 Å². The molecule has 1 aromatic heterocycles. The van der Waals surface area contributed by atoms with Gasteiger partial charge in [0, 0.05) is 22.7 Å². The highest BCUT2D eigenvalue weighted by Crippen LogP contribution is 2.38. The summed E-state index contributed by atoms with van der Waals surface area (Å²) in [6.07, 6.45) is 3.94. The molecule has 1 aliphatic heterocycles. The molecule has 8 heteroatoms. The zero-order valence-electron chi connectivity index (χ0n) is 19.3. The van der Waals surface area contributed by atoms with Crippen LogP contribution in [0.5, 0.6) is 5.75 Å². The molecule has 0 saturated carbocycles. The quantitative estimate of drug-likeness (QED) is 0.427. The van der Waals surface area contributed by atoms with Crippen LogP contribution < -0.4 is 10.1 Å². The predicted molar refractivity (Wildman–Crippen MR) is 130 cm³/mol. The van der Waals surface area contributed by atoms with Gasteiger partial charge >= 0.3 is 6.03 Å². The zero-order valence-corrected chi connectivity index (χ0v) is 20.1. The SMILES string of the molecule is CCCCN1C(=O)NC(c2ccc(OC)cc2)C(c2nc(-c3ccc(SC)cc3)no2)=C1C. The number of carbonyl (C=O) groups is 1. The van der Waals surface area contributed by atoms with E-state index in [4.69, 9.17) is 14.2 Å². The summed E-state index contributed by atoms with van der Waals surface area (Å²) in [5.41, 5.74) is 3.42. The summed E-state index contributed by atoms with van der Waals surface area (Å²) in [5, 5.41) is 7.36. The smallest absolute Gasteiger partial charge is 0.322 e. The van der Waals surface area contributed by atoms with Crippen LogP contribution in [-0.2, 0) is 0 Å². The molecule has 1 atom stereocenters. The Balaban J connectivity index is 1.76. The van der Waals surface area contributed by atoms with E-state index in [9.17, 15) is 4.79 Å². The van der Waals surface area contributed by atoms with Crippen molar-refractivity contribution in [3.05, 3.63) is 65.7 Å². The fourth-order valence-electron chi connectivity index (χ4n) is 3.88. The van der Waals surface area contributed by atoms with E-state index in [1.165, 1.54) is 4.90 Å². The Hall–Kier alpha value is -3.26. The van der Waals surface area contributed by atoms with Crippen LogP contribution in [0.1, 0.15) is 44.2 Å². The summed E-state index contributed by atoms with van der Waals surface area (Å²) in [6.45, 7) is 4.68. The first kappa shape index (κ1) is 22.9. The molecule has 0 radical (unpaired) electrons. The van der Waals surface area contributed by atoms with Gasteiger partial charge in [-0.05, 0) is 61.6 Å². The van der Waals surface area contributed by atoms with Crippen molar-refractivity contribution < 1.29 is 14.1 Å². The fraction of sp³-hybridized carbons (Fsp3) is 0.320. The second kappa shape index (κ2) is 10.1. The van der Waals surface area contributed by atoms with Crippen LogP contribution in [0.25, 0.3) is 17.0 Å². The Morgan fingerprint density at radius 2 is 1.88 bits per heavy atom. The van der Waals surface area contributed by atoms with E-state index in [0.29, 0.717) is 18.3 Å². The van der Waals surface area contributed by atoms with Gasteiger partial charge in [-0.1, -0.05) is 30.6 Å². The number of ether oxygens (including phenoxy) is 1. The maximum atomic E-state index is 13.0. The molecule has 0 fully saturated rings.